The molecule has 0 spiro atoms. The van der Waals surface area contributed by atoms with Gasteiger partial charge in [-0.3, -0.25) is 4.79 Å². The van der Waals surface area contributed by atoms with Crippen LogP contribution in [0.1, 0.15) is 23.1 Å². The van der Waals surface area contributed by atoms with Crippen LogP contribution in [0, 0.1) is 6.92 Å². The second-order valence-corrected chi connectivity index (χ2v) is 5.54. The molecule has 0 unspecified atom stereocenters. The van der Waals surface area contributed by atoms with Crippen molar-refractivity contribution in [3.63, 3.8) is 0 Å². The van der Waals surface area contributed by atoms with E-state index in [4.69, 9.17) is 0 Å². The highest BCUT2D eigenvalue weighted by atomic mass is 19.4. The molecule has 24 heavy (non-hydrogen) atoms. The zero-order chi connectivity index (χ0) is 17.6. The zero-order valence-corrected chi connectivity index (χ0v) is 13.3. The molecule has 0 atom stereocenters. The van der Waals surface area contributed by atoms with Gasteiger partial charge in [0.2, 0.25) is 5.91 Å². The Morgan fingerprint density at radius 3 is 2.21 bits per heavy atom. The highest BCUT2D eigenvalue weighted by Gasteiger charge is 2.29. The normalized spacial score (nSPS) is 11.3. The lowest BCUT2D eigenvalue weighted by Crippen LogP contribution is -2.21. The Morgan fingerprint density at radius 1 is 1.00 bits per heavy atom. The Hall–Kier alpha value is -2.34. The number of halogens is 3. The molecule has 128 valence electrons. The third kappa shape index (κ3) is 5.70. The molecule has 0 heterocycles. The smallest absolute Gasteiger partial charge is 0.326 e. The van der Waals surface area contributed by atoms with Crippen LogP contribution in [0.3, 0.4) is 0 Å². The first-order valence-electron chi connectivity index (χ1n) is 7.58. The van der Waals surface area contributed by atoms with Crippen LogP contribution in [0.2, 0.25) is 0 Å². The maximum atomic E-state index is 12.5. The van der Waals surface area contributed by atoms with Gasteiger partial charge in [-0.2, -0.15) is 13.2 Å². The number of hydrogen-bond donors (Lipinski definition) is 2. The molecular weight excluding hydrogens is 317 g/mol. The molecule has 2 N–H and O–H groups in total. The van der Waals surface area contributed by atoms with E-state index in [9.17, 15) is 18.0 Å². The van der Waals surface area contributed by atoms with E-state index in [1.54, 1.807) is 0 Å². The number of anilines is 1. The fraction of sp³-hybridized carbons (Fsp3) is 0.278. The molecule has 6 heteroatoms. The third-order valence-corrected chi connectivity index (χ3v) is 3.47. The molecule has 1 amide bonds. The molecule has 0 aliphatic carbocycles. The van der Waals surface area contributed by atoms with Crippen LogP contribution in [-0.4, -0.2) is 12.5 Å². The van der Waals surface area contributed by atoms with Crippen LogP contribution in [0.5, 0.6) is 0 Å². The van der Waals surface area contributed by atoms with E-state index in [1.807, 2.05) is 31.2 Å². The molecule has 0 saturated carbocycles. The fourth-order valence-electron chi connectivity index (χ4n) is 2.11. The van der Waals surface area contributed by atoms with Crippen molar-refractivity contribution < 1.29 is 18.0 Å². The Balaban J connectivity index is 1.72. The van der Waals surface area contributed by atoms with Gasteiger partial charge in [-0.15, -0.1) is 0 Å². The third-order valence-electron chi connectivity index (χ3n) is 3.47. The molecule has 0 bridgehead atoms. The van der Waals surface area contributed by atoms with Gasteiger partial charge in [-0.25, -0.2) is 0 Å². The van der Waals surface area contributed by atoms with E-state index in [-0.39, 0.29) is 12.3 Å². The van der Waals surface area contributed by atoms with Crippen molar-refractivity contribution in [2.24, 2.45) is 0 Å². The van der Waals surface area contributed by atoms with Crippen molar-refractivity contribution in [3.05, 3.63) is 65.2 Å². The SMILES string of the molecule is Cc1ccc(CNCCC(=O)Nc2ccc(C(F)(F)F)cc2)cc1. The largest absolute Gasteiger partial charge is 0.416 e. The van der Waals surface area contributed by atoms with Crippen LogP contribution in [0.4, 0.5) is 18.9 Å². The summed E-state index contributed by atoms with van der Waals surface area (Å²) in [7, 11) is 0. The van der Waals surface area contributed by atoms with Crippen molar-refractivity contribution in [2.45, 2.75) is 26.1 Å². The topological polar surface area (TPSA) is 41.1 Å². The standard InChI is InChI=1S/C18H19F3N2O/c1-13-2-4-14(5-3-13)12-22-11-10-17(24)23-16-8-6-15(7-9-16)18(19,20)21/h2-9,22H,10-12H2,1H3,(H,23,24). The minimum absolute atomic E-state index is 0.243. The molecule has 0 aliphatic rings. The maximum absolute atomic E-state index is 12.5. The summed E-state index contributed by atoms with van der Waals surface area (Å²) < 4.78 is 37.4. The second-order valence-electron chi connectivity index (χ2n) is 5.54. The summed E-state index contributed by atoms with van der Waals surface area (Å²) in [6.07, 6.45) is -4.13. The Morgan fingerprint density at radius 2 is 1.62 bits per heavy atom. The monoisotopic (exact) mass is 336 g/mol. The number of rotatable bonds is 6. The van der Waals surface area contributed by atoms with Gasteiger partial charge in [0.15, 0.2) is 0 Å². The molecule has 0 aliphatic heterocycles. The highest BCUT2D eigenvalue weighted by molar-refractivity contribution is 5.90. The molecule has 2 aromatic carbocycles. The Labute approximate surface area is 138 Å². The average molecular weight is 336 g/mol. The second kappa shape index (κ2) is 7.97. The lowest BCUT2D eigenvalue weighted by Gasteiger charge is -2.09. The summed E-state index contributed by atoms with van der Waals surface area (Å²) in [5.41, 5.74) is 1.94. The molecule has 0 aromatic heterocycles. The summed E-state index contributed by atoms with van der Waals surface area (Å²) in [4.78, 5) is 11.8. The van der Waals surface area contributed by atoms with Gasteiger partial charge in [0.05, 0.1) is 5.56 Å². The van der Waals surface area contributed by atoms with Crippen molar-refractivity contribution in [1.29, 1.82) is 0 Å². The first-order valence-corrected chi connectivity index (χ1v) is 7.58. The van der Waals surface area contributed by atoms with Crippen molar-refractivity contribution in [2.75, 3.05) is 11.9 Å². The number of aryl methyl sites for hydroxylation is 1. The lowest BCUT2D eigenvalue weighted by atomic mass is 10.1. The summed E-state index contributed by atoms with van der Waals surface area (Å²) in [5, 5.41) is 5.74. The number of carbonyl (C=O) groups excluding carboxylic acids is 1. The van der Waals surface area contributed by atoms with Gasteiger partial charge in [0.25, 0.3) is 0 Å². The quantitative estimate of drug-likeness (QED) is 0.779. The van der Waals surface area contributed by atoms with Crippen molar-refractivity contribution >= 4 is 11.6 Å². The van der Waals surface area contributed by atoms with E-state index in [1.165, 1.54) is 17.7 Å². The Bertz CT molecular complexity index is 664. The van der Waals surface area contributed by atoms with E-state index < -0.39 is 11.7 Å². The van der Waals surface area contributed by atoms with E-state index in [0.717, 1.165) is 17.7 Å². The number of carbonyl (C=O) groups is 1. The van der Waals surface area contributed by atoms with E-state index in [2.05, 4.69) is 10.6 Å². The molecule has 3 nitrogen and oxygen atoms in total. The summed E-state index contributed by atoms with van der Waals surface area (Å²) in [6, 6.07) is 12.5. The molecular formula is C18H19F3N2O. The van der Waals surface area contributed by atoms with Crippen LogP contribution in [-0.2, 0) is 17.5 Å². The number of benzene rings is 2. The predicted molar refractivity (Wildman–Crippen MR) is 87.6 cm³/mol. The number of hydrogen-bond acceptors (Lipinski definition) is 2. The summed E-state index contributed by atoms with van der Waals surface area (Å²) in [5.74, 6) is -0.244. The van der Waals surface area contributed by atoms with Gasteiger partial charge in [0, 0.05) is 25.2 Å². The van der Waals surface area contributed by atoms with Gasteiger partial charge in [-0.05, 0) is 36.8 Å². The van der Waals surface area contributed by atoms with Gasteiger partial charge >= 0.3 is 6.18 Å². The lowest BCUT2D eigenvalue weighted by molar-refractivity contribution is -0.137. The fourth-order valence-corrected chi connectivity index (χ4v) is 2.11. The number of nitrogens with one attached hydrogen (secondary N) is 2. The first kappa shape index (κ1) is 18.0. The average Bonchev–Trinajstić information content (AvgIpc) is 2.53. The van der Waals surface area contributed by atoms with Crippen LogP contribution < -0.4 is 10.6 Å². The van der Waals surface area contributed by atoms with Gasteiger partial charge in [-0.1, -0.05) is 29.8 Å². The Kier molecular flexibility index (Phi) is 5.98. The minimum atomic E-state index is -4.37. The maximum Gasteiger partial charge on any atom is 0.416 e. The number of alkyl halides is 3. The zero-order valence-electron chi connectivity index (χ0n) is 13.3. The molecule has 2 rings (SSSR count). The highest BCUT2D eigenvalue weighted by Crippen LogP contribution is 2.29. The van der Waals surface area contributed by atoms with Crippen molar-refractivity contribution in [1.82, 2.24) is 5.32 Å². The molecule has 0 radical (unpaired) electrons. The van der Waals surface area contributed by atoms with E-state index in [0.29, 0.717) is 18.8 Å². The minimum Gasteiger partial charge on any atom is -0.326 e. The summed E-state index contributed by atoms with van der Waals surface area (Å²) >= 11 is 0. The van der Waals surface area contributed by atoms with Crippen LogP contribution in [0.25, 0.3) is 0 Å². The van der Waals surface area contributed by atoms with Crippen LogP contribution >= 0.6 is 0 Å². The van der Waals surface area contributed by atoms with Gasteiger partial charge in [0.1, 0.15) is 0 Å². The number of amides is 1. The summed E-state index contributed by atoms with van der Waals surface area (Å²) in [6.45, 7) is 3.16. The van der Waals surface area contributed by atoms with Crippen molar-refractivity contribution in [3.8, 4) is 0 Å². The predicted octanol–water partition coefficient (Wildman–Crippen LogP) is 4.13. The molecule has 0 saturated heterocycles. The first-order chi connectivity index (χ1) is 11.3. The van der Waals surface area contributed by atoms with E-state index >= 15 is 0 Å². The molecule has 2 aromatic rings. The van der Waals surface area contributed by atoms with Gasteiger partial charge < -0.3 is 10.6 Å². The van der Waals surface area contributed by atoms with Crippen LogP contribution in [0.15, 0.2) is 48.5 Å². The molecule has 0 fully saturated rings.